The Balaban J connectivity index is 1.60. The standard InChI is InChI=1S/C24H31ClO2S/c1-16-12-18(13-17(2)22(16)15-27-3)9-10-20-21(24(26)14-23(20)25)8-4-6-19-7-5-11-28-19/h5,7,11-13,20-21,23H,4,6,8-10,14-15H2,1-3H3/t20-,21-,23?/m1/s1. The molecule has 0 radical (unpaired) electrons. The number of ether oxygens (including phenoxy) is 1. The topological polar surface area (TPSA) is 26.3 Å². The first-order valence-electron chi connectivity index (χ1n) is 10.3. The quantitative estimate of drug-likeness (QED) is 0.448. The van der Waals surface area contributed by atoms with Crippen LogP contribution in [0.5, 0.6) is 0 Å². The second-order valence-corrected chi connectivity index (χ2v) is 9.70. The number of thiophene rings is 1. The van der Waals surface area contributed by atoms with Crippen molar-refractivity contribution in [3.8, 4) is 0 Å². The predicted molar refractivity (Wildman–Crippen MR) is 118 cm³/mol. The number of alkyl halides is 1. The molecule has 1 heterocycles. The molecule has 0 spiro atoms. The molecule has 2 aromatic rings. The first kappa shape index (κ1) is 21.5. The van der Waals surface area contributed by atoms with E-state index in [9.17, 15) is 4.79 Å². The summed E-state index contributed by atoms with van der Waals surface area (Å²) in [7, 11) is 1.74. The van der Waals surface area contributed by atoms with Gasteiger partial charge < -0.3 is 4.74 Å². The Kier molecular flexibility index (Phi) is 7.73. The monoisotopic (exact) mass is 418 g/mol. The van der Waals surface area contributed by atoms with Crippen LogP contribution in [0.1, 0.15) is 52.8 Å². The summed E-state index contributed by atoms with van der Waals surface area (Å²) < 4.78 is 5.32. The average molecular weight is 419 g/mol. The predicted octanol–water partition coefficient (Wildman–Crippen LogP) is 6.28. The largest absolute Gasteiger partial charge is 0.380 e. The van der Waals surface area contributed by atoms with Crippen LogP contribution in [-0.4, -0.2) is 18.3 Å². The van der Waals surface area contributed by atoms with E-state index in [1.54, 1.807) is 18.4 Å². The summed E-state index contributed by atoms with van der Waals surface area (Å²) in [5, 5.41) is 2.12. The van der Waals surface area contributed by atoms with Gasteiger partial charge in [-0.15, -0.1) is 22.9 Å². The van der Waals surface area contributed by atoms with Crippen LogP contribution in [0, 0.1) is 25.7 Å². The van der Waals surface area contributed by atoms with Crippen LogP contribution < -0.4 is 0 Å². The zero-order valence-corrected chi connectivity index (χ0v) is 18.7. The third kappa shape index (κ3) is 5.25. The lowest BCUT2D eigenvalue weighted by atomic mass is 9.85. The van der Waals surface area contributed by atoms with Gasteiger partial charge in [0.1, 0.15) is 5.78 Å². The maximum atomic E-state index is 12.5. The van der Waals surface area contributed by atoms with Gasteiger partial charge in [-0.25, -0.2) is 0 Å². The molecule has 1 aliphatic carbocycles. The smallest absolute Gasteiger partial charge is 0.137 e. The fourth-order valence-corrected chi connectivity index (χ4v) is 5.83. The number of hydrogen-bond donors (Lipinski definition) is 0. The number of ketones is 1. The molecule has 0 aliphatic heterocycles. The maximum Gasteiger partial charge on any atom is 0.137 e. The molecule has 1 unspecified atom stereocenters. The molecular weight excluding hydrogens is 388 g/mol. The van der Waals surface area contributed by atoms with Gasteiger partial charge in [-0.2, -0.15) is 0 Å². The Morgan fingerprint density at radius 1 is 1.18 bits per heavy atom. The van der Waals surface area contributed by atoms with Crippen LogP contribution in [-0.2, 0) is 29.0 Å². The lowest BCUT2D eigenvalue weighted by molar-refractivity contribution is -0.121. The van der Waals surface area contributed by atoms with Crippen LogP contribution in [0.4, 0.5) is 0 Å². The van der Waals surface area contributed by atoms with E-state index >= 15 is 0 Å². The minimum atomic E-state index is -0.00537. The zero-order valence-electron chi connectivity index (χ0n) is 17.2. The molecule has 0 bridgehead atoms. The highest BCUT2D eigenvalue weighted by Gasteiger charge is 2.40. The number of carbonyl (C=O) groups is 1. The van der Waals surface area contributed by atoms with Crippen LogP contribution in [0.2, 0.25) is 0 Å². The van der Waals surface area contributed by atoms with Gasteiger partial charge in [0.25, 0.3) is 0 Å². The third-order valence-electron chi connectivity index (χ3n) is 6.12. The van der Waals surface area contributed by atoms with E-state index < -0.39 is 0 Å². The summed E-state index contributed by atoms with van der Waals surface area (Å²) in [5.41, 5.74) is 5.20. The number of benzene rings is 1. The van der Waals surface area contributed by atoms with Gasteiger partial charge in [0.2, 0.25) is 0 Å². The van der Waals surface area contributed by atoms with Gasteiger partial charge in [0.05, 0.1) is 6.61 Å². The minimum Gasteiger partial charge on any atom is -0.380 e. The summed E-state index contributed by atoms with van der Waals surface area (Å²) >= 11 is 8.41. The Labute approximate surface area is 178 Å². The highest BCUT2D eigenvalue weighted by molar-refractivity contribution is 7.09. The fraction of sp³-hybridized carbons (Fsp3) is 0.542. The molecule has 1 aliphatic rings. The first-order valence-corrected chi connectivity index (χ1v) is 11.6. The lowest BCUT2D eigenvalue weighted by Gasteiger charge is -2.21. The van der Waals surface area contributed by atoms with E-state index in [1.165, 1.54) is 27.1 Å². The van der Waals surface area contributed by atoms with Gasteiger partial charge in [-0.3, -0.25) is 4.79 Å². The average Bonchev–Trinajstić information content (AvgIpc) is 3.25. The number of methoxy groups -OCH3 is 1. The molecule has 28 heavy (non-hydrogen) atoms. The van der Waals surface area contributed by atoms with Gasteiger partial charge in [0, 0.05) is 29.7 Å². The second-order valence-electron chi connectivity index (χ2n) is 8.11. The lowest BCUT2D eigenvalue weighted by Crippen LogP contribution is -2.19. The van der Waals surface area contributed by atoms with Crippen LogP contribution in [0.25, 0.3) is 0 Å². The first-order chi connectivity index (χ1) is 13.5. The number of rotatable bonds is 9. The van der Waals surface area contributed by atoms with Crippen molar-refractivity contribution in [2.24, 2.45) is 11.8 Å². The van der Waals surface area contributed by atoms with Crippen molar-refractivity contribution in [2.45, 2.75) is 64.4 Å². The van der Waals surface area contributed by atoms with E-state index in [2.05, 4.69) is 43.5 Å². The molecule has 4 heteroatoms. The van der Waals surface area contributed by atoms with Crippen molar-refractivity contribution in [2.75, 3.05) is 7.11 Å². The highest BCUT2D eigenvalue weighted by Crippen LogP contribution is 2.39. The van der Waals surface area contributed by atoms with Crippen LogP contribution >= 0.6 is 22.9 Å². The SMILES string of the molecule is COCc1c(C)cc(CC[C@H]2C(Cl)CC(=O)[C@@H]2CCCc2cccs2)cc1C. The molecule has 1 saturated carbocycles. The second kappa shape index (κ2) is 10.0. The molecular formula is C24H31ClO2S. The summed E-state index contributed by atoms with van der Waals surface area (Å²) in [6.07, 6.45) is 5.63. The highest BCUT2D eigenvalue weighted by atomic mass is 35.5. The molecule has 2 nitrogen and oxygen atoms in total. The summed E-state index contributed by atoms with van der Waals surface area (Å²) in [5.74, 6) is 0.813. The van der Waals surface area contributed by atoms with Crippen LogP contribution in [0.3, 0.4) is 0 Å². The van der Waals surface area contributed by atoms with Crippen molar-refractivity contribution in [1.82, 2.24) is 0 Å². The van der Waals surface area contributed by atoms with Crippen molar-refractivity contribution >= 4 is 28.7 Å². The van der Waals surface area contributed by atoms with E-state index in [4.69, 9.17) is 16.3 Å². The van der Waals surface area contributed by atoms with E-state index in [0.29, 0.717) is 24.7 Å². The molecule has 3 rings (SSSR count). The van der Waals surface area contributed by atoms with Gasteiger partial charge in [0.15, 0.2) is 0 Å². The number of carbonyl (C=O) groups excluding carboxylic acids is 1. The summed E-state index contributed by atoms with van der Waals surface area (Å²) in [4.78, 5) is 13.9. The van der Waals surface area contributed by atoms with Crippen molar-refractivity contribution in [3.05, 3.63) is 56.8 Å². The Morgan fingerprint density at radius 2 is 1.93 bits per heavy atom. The molecule has 0 N–H and O–H groups in total. The molecule has 1 fully saturated rings. The fourth-order valence-electron chi connectivity index (χ4n) is 4.63. The normalized spacial score (nSPS) is 22.1. The molecule has 1 aromatic carbocycles. The van der Waals surface area contributed by atoms with Crippen molar-refractivity contribution in [3.63, 3.8) is 0 Å². The number of hydrogen-bond acceptors (Lipinski definition) is 3. The number of halogens is 1. The molecule has 0 saturated heterocycles. The molecule has 1 aromatic heterocycles. The number of aryl methyl sites for hydroxylation is 4. The van der Waals surface area contributed by atoms with Crippen molar-refractivity contribution < 1.29 is 9.53 Å². The van der Waals surface area contributed by atoms with Crippen molar-refractivity contribution in [1.29, 1.82) is 0 Å². The maximum absolute atomic E-state index is 12.5. The Bertz CT molecular complexity index is 761. The van der Waals surface area contributed by atoms with Gasteiger partial charge in [-0.1, -0.05) is 18.2 Å². The van der Waals surface area contributed by atoms with E-state index in [0.717, 1.165) is 32.1 Å². The van der Waals surface area contributed by atoms with E-state index in [-0.39, 0.29) is 11.3 Å². The molecule has 0 amide bonds. The number of Topliss-reactive ketones (excluding diaryl/α,β-unsaturated/α-hetero) is 1. The van der Waals surface area contributed by atoms with Gasteiger partial charge >= 0.3 is 0 Å². The minimum absolute atomic E-state index is 0.00537. The molecule has 152 valence electrons. The zero-order chi connectivity index (χ0) is 20.1. The van der Waals surface area contributed by atoms with Crippen LogP contribution in [0.15, 0.2) is 29.6 Å². The van der Waals surface area contributed by atoms with Gasteiger partial charge in [-0.05, 0) is 85.6 Å². The molecule has 3 atom stereocenters. The van der Waals surface area contributed by atoms with E-state index in [1.807, 2.05) is 0 Å². The third-order valence-corrected chi connectivity index (χ3v) is 7.53. The Morgan fingerprint density at radius 3 is 2.57 bits per heavy atom. The Hall–Kier alpha value is -1.16. The summed E-state index contributed by atoms with van der Waals surface area (Å²) in [6, 6.07) is 8.82. The summed E-state index contributed by atoms with van der Waals surface area (Å²) in [6.45, 7) is 4.97.